The highest BCUT2D eigenvalue weighted by Gasteiger charge is 2.21. The Morgan fingerprint density at radius 1 is 1.67 bits per heavy atom. The van der Waals surface area contributed by atoms with Crippen molar-refractivity contribution in [3.05, 3.63) is 12.2 Å². The Morgan fingerprint density at radius 3 is 2.92 bits per heavy atom. The van der Waals surface area contributed by atoms with Crippen molar-refractivity contribution < 1.29 is 9.53 Å². The minimum Gasteiger partial charge on any atom is -0.374 e. The van der Waals surface area contributed by atoms with E-state index in [1.54, 1.807) is 0 Å². The van der Waals surface area contributed by atoms with Crippen molar-refractivity contribution in [2.24, 2.45) is 11.7 Å². The first kappa shape index (κ1) is 9.42. The highest BCUT2D eigenvalue weighted by molar-refractivity contribution is 5.84. The molecule has 0 radical (unpaired) electrons. The van der Waals surface area contributed by atoms with Crippen LogP contribution in [-0.2, 0) is 9.53 Å². The molecule has 0 bridgehead atoms. The van der Waals surface area contributed by atoms with Crippen molar-refractivity contribution in [1.29, 1.82) is 0 Å². The fourth-order valence-corrected chi connectivity index (χ4v) is 1.28. The molecular formula is C9H15NO2. The minimum atomic E-state index is -0.00782. The van der Waals surface area contributed by atoms with Gasteiger partial charge in [-0.25, -0.2) is 0 Å². The van der Waals surface area contributed by atoms with E-state index in [-0.39, 0.29) is 24.3 Å². The summed E-state index contributed by atoms with van der Waals surface area (Å²) in [5.41, 5.74) is 5.61. The van der Waals surface area contributed by atoms with Crippen LogP contribution in [0, 0.1) is 5.92 Å². The normalized spacial score (nSPS) is 27.8. The number of rotatable bonds is 4. The number of hydrogen-bond donors (Lipinski definition) is 1. The van der Waals surface area contributed by atoms with E-state index >= 15 is 0 Å². The maximum atomic E-state index is 11.3. The second kappa shape index (κ2) is 4.38. The molecule has 0 amide bonds. The van der Waals surface area contributed by atoms with E-state index < -0.39 is 0 Å². The molecule has 2 atom stereocenters. The molecule has 3 nitrogen and oxygen atoms in total. The molecule has 0 aromatic rings. The molecule has 1 aliphatic rings. The van der Waals surface area contributed by atoms with Gasteiger partial charge < -0.3 is 10.5 Å². The summed E-state index contributed by atoms with van der Waals surface area (Å²) in [6.07, 6.45) is 4.51. The van der Waals surface area contributed by atoms with Crippen molar-refractivity contribution in [3.8, 4) is 0 Å². The first-order valence-electron chi connectivity index (χ1n) is 4.28. The highest BCUT2D eigenvalue weighted by Crippen LogP contribution is 2.17. The van der Waals surface area contributed by atoms with Gasteiger partial charge in [-0.05, 0) is 13.3 Å². The standard InChI is InChI=1S/C9H15NO2/c1-2-12-6-9(11)7-3-4-8(10)5-7/h3-4,7-8H,2,5-6,10H2,1H3. The van der Waals surface area contributed by atoms with Gasteiger partial charge in [0.1, 0.15) is 6.61 Å². The smallest absolute Gasteiger partial charge is 0.165 e. The molecule has 1 rings (SSSR count). The molecule has 1 aliphatic carbocycles. The second-order valence-electron chi connectivity index (χ2n) is 2.99. The lowest BCUT2D eigenvalue weighted by molar-refractivity contribution is -0.126. The van der Waals surface area contributed by atoms with Crippen molar-refractivity contribution in [2.45, 2.75) is 19.4 Å². The van der Waals surface area contributed by atoms with E-state index in [0.29, 0.717) is 6.61 Å². The summed E-state index contributed by atoms with van der Waals surface area (Å²) >= 11 is 0. The lowest BCUT2D eigenvalue weighted by atomic mass is 10.0. The van der Waals surface area contributed by atoms with Crippen LogP contribution in [0.2, 0.25) is 0 Å². The second-order valence-corrected chi connectivity index (χ2v) is 2.99. The van der Waals surface area contributed by atoms with Crippen molar-refractivity contribution in [1.82, 2.24) is 0 Å². The molecule has 0 aromatic carbocycles. The minimum absolute atomic E-state index is 0.00782. The molecule has 2 unspecified atom stereocenters. The van der Waals surface area contributed by atoms with Crippen molar-refractivity contribution in [3.63, 3.8) is 0 Å². The predicted octanol–water partition coefficient (Wildman–Crippen LogP) is 0.495. The lowest BCUT2D eigenvalue weighted by Gasteiger charge is -2.07. The summed E-state index contributed by atoms with van der Waals surface area (Å²) in [6.45, 7) is 2.69. The van der Waals surface area contributed by atoms with E-state index in [9.17, 15) is 4.79 Å². The number of hydrogen-bond acceptors (Lipinski definition) is 3. The average molecular weight is 169 g/mol. The molecule has 0 aromatic heterocycles. The van der Waals surface area contributed by atoms with Crippen LogP contribution in [-0.4, -0.2) is 25.0 Å². The fourth-order valence-electron chi connectivity index (χ4n) is 1.28. The first-order chi connectivity index (χ1) is 5.74. The molecule has 0 fully saturated rings. The summed E-state index contributed by atoms with van der Waals surface area (Å²) in [5.74, 6) is 0.132. The lowest BCUT2D eigenvalue weighted by Crippen LogP contribution is -2.21. The summed E-state index contributed by atoms with van der Waals surface area (Å²) in [6, 6.07) is 0.0561. The zero-order chi connectivity index (χ0) is 8.97. The van der Waals surface area contributed by atoms with Gasteiger partial charge in [0.05, 0.1) is 0 Å². The number of carbonyl (C=O) groups excluding carboxylic acids is 1. The van der Waals surface area contributed by atoms with Gasteiger partial charge in [0.15, 0.2) is 5.78 Å². The Kier molecular flexibility index (Phi) is 3.44. The maximum absolute atomic E-state index is 11.3. The topological polar surface area (TPSA) is 52.3 Å². The van der Waals surface area contributed by atoms with Crippen LogP contribution in [0.25, 0.3) is 0 Å². The van der Waals surface area contributed by atoms with Gasteiger partial charge >= 0.3 is 0 Å². The number of carbonyl (C=O) groups is 1. The van der Waals surface area contributed by atoms with Crippen LogP contribution in [0.3, 0.4) is 0 Å². The number of nitrogens with two attached hydrogens (primary N) is 1. The summed E-state index contributed by atoms with van der Waals surface area (Å²) in [4.78, 5) is 11.3. The molecule has 0 heterocycles. The van der Waals surface area contributed by atoms with E-state index in [2.05, 4.69) is 0 Å². The third-order valence-electron chi connectivity index (χ3n) is 1.98. The first-order valence-corrected chi connectivity index (χ1v) is 4.28. The summed E-state index contributed by atoms with van der Waals surface area (Å²) in [5, 5.41) is 0. The number of allylic oxidation sites excluding steroid dienone is 1. The van der Waals surface area contributed by atoms with E-state index in [4.69, 9.17) is 10.5 Å². The van der Waals surface area contributed by atoms with E-state index in [0.717, 1.165) is 6.42 Å². The number of ether oxygens (including phenoxy) is 1. The Balaban J connectivity index is 2.29. The average Bonchev–Trinajstić information content (AvgIpc) is 2.47. The van der Waals surface area contributed by atoms with Gasteiger partial charge in [-0.15, -0.1) is 0 Å². The van der Waals surface area contributed by atoms with Crippen molar-refractivity contribution >= 4 is 5.78 Å². The van der Waals surface area contributed by atoms with E-state index in [1.165, 1.54) is 0 Å². The zero-order valence-corrected chi connectivity index (χ0v) is 7.32. The third-order valence-corrected chi connectivity index (χ3v) is 1.98. The molecule has 2 N–H and O–H groups in total. The van der Waals surface area contributed by atoms with Crippen LogP contribution in [0.5, 0.6) is 0 Å². The Bertz CT molecular complexity index is 189. The van der Waals surface area contributed by atoms with Gasteiger partial charge in [-0.1, -0.05) is 12.2 Å². The largest absolute Gasteiger partial charge is 0.374 e. The Labute approximate surface area is 72.6 Å². The molecule has 12 heavy (non-hydrogen) atoms. The van der Waals surface area contributed by atoms with Crippen LogP contribution >= 0.6 is 0 Å². The molecule has 3 heteroatoms. The molecule has 0 spiro atoms. The molecular weight excluding hydrogens is 154 g/mol. The molecule has 0 aliphatic heterocycles. The van der Waals surface area contributed by atoms with Crippen molar-refractivity contribution in [2.75, 3.05) is 13.2 Å². The monoisotopic (exact) mass is 169 g/mol. The summed E-state index contributed by atoms with van der Waals surface area (Å²) in [7, 11) is 0. The van der Waals surface area contributed by atoms with Crippen LogP contribution in [0.1, 0.15) is 13.3 Å². The predicted molar refractivity (Wildman–Crippen MR) is 46.7 cm³/mol. The van der Waals surface area contributed by atoms with Gasteiger partial charge in [-0.2, -0.15) is 0 Å². The molecule has 0 saturated heterocycles. The number of ketones is 1. The van der Waals surface area contributed by atoms with E-state index in [1.807, 2.05) is 19.1 Å². The van der Waals surface area contributed by atoms with Gasteiger partial charge in [0, 0.05) is 18.6 Å². The summed E-state index contributed by atoms with van der Waals surface area (Å²) < 4.78 is 5.02. The Morgan fingerprint density at radius 2 is 2.42 bits per heavy atom. The van der Waals surface area contributed by atoms with Gasteiger partial charge in [-0.3, -0.25) is 4.79 Å². The van der Waals surface area contributed by atoms with Crippen LogP contribution in [0.4, 0.5) is 0 Å². The van der Waals surface area contributed by atoms with Crippen LogP contribution in [0.15, 0.2) is 12.2 Å². The zero-order valence-electron chi connectivity index (χ0n) is 7.32. The third kappa shape index (κ3) is 2.43. The molecule has 0 saturated carbocycles. The van der Waals surface area contributed by atoms with Crippen LogP contribution < -0.4 is 5.73 Å². The quantitative estimate of drug-likeness (QED) is 0.623. The molecule has 68 valence electrons. The SMILES string of the molecule is CCOCC(=O)C1C=CC(N)C1. The van der Waals surface area contributed by atoms with Gasteiger partial charge in [0.2, 0.25) is 0 Å². The Hall–Kier alpha value is -0.670. The van der Waals surface area contributed by atoms with Gasteiger partial charge in [0.25, 0.3) is 0 Å². The number of Topliss-reactive ketones (excluding diaryl/α,β-unsaturated/α-hetero) is 1. The highest BCUT2D eigenvalue weighted by atomic mass is 16.5. The fraction of sp³-hybridized carbons (Fsp3) is 0.667. The maximum Gasteiger partial charge on any atom is 0.165 e.